The van der Waals surface area contributed by atoms with E-state index >= 15 is 0 Å². The number of rotatable bonds is 5. The van der Waals surface area contributed by atoms with Crippen LogP contribution in [0, 0.1) is 0 Å². The predicted molar refractivity (Wildman–Crippen MR) is 72.2 cm³/mol. The van der Waals surface area contributed by atoms with E-state index in [1.54, 1.807) is 6.20 Å². The normalized spacial score (nSPS) is 11.2. The van der Waals surface area contributed by atoms with Crippen LogP contribution in [0.2, 0.25) is 0 Å². The van der Waals surface area contributed by atoms with Crippen molar-refractivity contribution in [1.29, 1.82) is 0 Å². The second-order valence-electron chi connectivity index (χ2n) is 4.06. The third-order valence-electron chi connectivity index (χ3n) is 2.75. The summed E-state index contributed by atoms with van der Waals surface area (Å²) in [7, 11) is -3.77. The Kier molecular flexibility index (Phi) is 3.75. The number of hydrogen-bond donors (Lipinski definition) is 3. The first-order chi connectivity index (χ1) is 9.44. The number of aromatic nitrogens is 2. The van der Waals surface area contributed by atoms with Gasteiger partial charge in [-0.3, -0.25) is 9.82 Å². The third-order valence-corrected chi connectivity index (χ3v) is 4.11. The topological polar surface area (TPSA) is 112 Å². The Hall–Kier alpha value is -2.35. The number of aromatic amines is 1. The fourth-order valence-corrected chi connectivity index (χ4v) is 2.70. The summed E-state index contributed by atoms with van der Waals surface area (Å²) >= 11 is 0. The first-order valence-corrected chi connectivity index (χ1v) is 7.30. The molecule has 106 valence electrons. The lowest BCUT2D eigenvalue weighted by Gasteiger charge is -2.07. The van der Waals surface area contributed by atoms with Crippen molar-refractivity contribution in [2.75, 3.05) is 4.72 Å². The first-order valence-electron chi connectivity index (χ1n) is 5.82. The summed E-state index contributed by atoms with van der Waals surface area (Å²) in [6.07, 6.45) is 2.18. The molecule has 0 amide bonds. The van der Waals surface area contributed by atoms with Crippen LogP contribution in [0.15, 0.2) is 35.4 Å². The molecule has 0 aliphatic rings. The summed E-state index contributed by atoms with van der Waals surface area (Å²) in [5.74, 6) is -0.793. The van der Waals surface area contributed by atoms with Gasteiger partial charge >= 0.3 is 5.97 Å². The molecular weight excluding hydrogens is 282 g/mol. The molecule has 1 aromatic heterocycles. The Balaban J connectivity index is 2.28. The van der Waals surface area contributed by atoms with Crippen LogP contribution < -0.4 is 4.72 Å². The number of aromatic carboxylic acids is 1. The number of anilines is 1. The number of carboxylic acid groups (broad SMARTS) is 1. The molecule has 2 rings (SSSR count). The van der Waals surface area contributed by atoms with Gasteiger partial charge in [-0.05, 0) is 30.7 Å². The minimum absolute atomic E-state index is 0.0147. The van der Waals surface area contributed by atoms with E-state index in [-0.39, 0.29) is 10.5 Å². The molecule has 0 radical (unpaired) electrons. The van der Waals surface area contributed by atoms with Crippen molar-refractivity contribution < 1.29 is 18.3 Å². The summed E-state index contributed by atoms with van der Waals surface area (Å²) in [6, 6.07) is 4.97. The molecule has 7 nitrogen and oxygen atoms in total. The van der Waals surface area contributed by atoms with Crippen LogP contribution in [0.25, 0.3) is 0 Å². The number of carbonyl (C=O) groups is 1. The van der Waals surface area contributed by atoms with Gasteiger partial charge in [0.05, 0.1) is 16.7 Å². The monoisotopic (exact) mass is 295 g/mol. The number of nitrogens with one attached hydrogen (secondary N) is 2. The van der Waals surface area contributed by atoms with Crippen LogP contribution >= 0.6 is 0 Å². The van der Waals surface area contributed by atoms with Crippen molar-refractivity contribution in [3.63, 3.8) is 0 Å². The van der Waals surface area contributed by atoms with E-state index in [0.717, 1.165) is 5.56 Å². The Labute approximate surface area is 115 Å². The van der Waals surface area contributed by atoms with Gasteiger partial charge in [0.15, 0.2) is 0 Å². The van der Waals surface area contributed by atoms with Crippen molar-refractivity contribution in [3.8, 4) is 0 Å². The Morgan fingerprint density at radius 2 is 2.00 bits per heavy atom. The van der Waals surface area contributed by atoms with Crippen LogP contribution in [-0.4, -0.2) is 29.7 Å². The maximum atomic E-state index is 12.1. The largest absolute Gasteiger partial charge is 0.478 e. The Bertz CT molecular complexity index is 719. The fraction of sp³-hybridized carbons (Fsp3) is 0.167. The molecule has 0 saturated heterocycles. The predicted octanol–water partition coefficient (Wildman–Crippen LogP) is 1.47. The van der Waals surface area contributed by atoms with Crippen molar-refractivity contribution in [2.45, 2.75) is 18.2 Å². The third kappa shape index (κ3) is 2.80. The lowest BCUT2D eigenvalue weighted by Crippen LogP contribution is -2.14. The molecule has 20 heavy (non-hydrogen) atoms. The molecule has 0 unspecified atom stereocenters. The van der Waals surface area contributed by atoms with Gasteiger partial charge in [-0.2, -0.15) is 5.10 Å². The van der Waals surface area contributed by atoms with E-state index < -0.39 is 16.0 Å². The van der Waals surface area contributed by atoms with Gasteiger partial charge in [0, 0.05) is 5.56 Å². The van der Waals surface area contributed by atoms with Gasteiger partial charge in [-0.25, -0.2) is 13.2 Å². The standard InChI is InChI=1S/C12H13N3O4S/c1-2-8-7-13-14-11(8)15-20(18,19)10-5-3-9(4-6-10)12(16)17/h3-7H,2H2,1H3,(H,16,17)(H2,13,14,15). The van der Waals surface area contributed by atoms with Crippen LogP contribution in [0.4, 0.5) is 5.82 Å². The van der Waals surface area contributed by atoms with Crippen molar-refractivity contribution in [1.82, 2.24) is 10.2 Å². The summed E-state index contributed by atoms with van der Waals surface area (Å²) in [5.41, 5.74) is 0.774. The average Bonchev–Trinajstić information content (AvgIpc) is 2.85. The van der Waals surface area contributed by atoms with E-state index in [1.165, 1.54) is 24.3 Å². The zero-order valence-corrected chi connectivity index (χ0v) is 11.4. The lowest BCUT2D eigenvalue weighted by molar-refractivity contribution is 0.0697. The van der Waals surface area contributed by atoms with Gasteiger partial charge in [0.2, 0.25) is 0 Å². The second-order valence-corrected chi connectivity index (χ2v) is 5.74. The first kappa shape index (κ1) is 14.1. The van der Waals surface area contributed by atoms with Crippen molar-refractivity contribution >= 4 is 21.8 Å². The quantitative estimate of drug-likeness (QED) is 0.773. The molecule has 0 spiro atoms. The minimum atomic E-state index is -3.77. The molecule has 3 N–H and O–H groups in total. The lowest BCUT2D eigenvalue weighted by atomic mass is 10.2. The molecule has 0 fully saturated rings. The van der Waals surface area contributed by atoms with Crippen molar-refractivity contribution in [2.24, 2.45) is 0 Å². The van der Waals surface area contributed by atoms with Gasteiger partial charge in [0.25, 0.3) is 10.0 Å². The van der Waals surface area contributed by atoms with E-state index in [2.05, 4.69) is 14.9 Å². The van der Waals surface area contributed by atoms with Crippen LogP contribution in [0.1, 0.15) is 22.8 Å². The molecule has 1 aromatic carbocycles. The highest BCUT2D eigenvalue weighted by Crippen LogP contribution is 2.18. The fourth-order valence-electron chi connectivity index (χ4n) is 1.64. The van der Waals surface area contributed by atoms with Gasteiger partial charge in [0.1, 0.15) is 5.82 Å². The van der Waals surface area contributed by atoms with Crippen LogP contribution in [0.5, 0.6) is 0 Å². The molecule has 0 bridgehead atoms. The number of aryl methyl sites for hydroxylation is 1. The molecule has 0 aliphatic heterocycles. The van der Waals surface area contributed by atoms with Crippen LogP contribution in [-0.2, 0) is 16.4 Å². The van der Waals surface area contributed by atoms with E-state index in [0.29, 0.717) is 12.2 Å². The summed E-state index contributed by atoms with van der Waals surface area (Å²) < 4.78 is 26.7. The highest BCUT2D eigenvalue weighted by molar-refractivity contribution is 7.92. The highest BCUT2D eigenvalue weighted by Gasteiger charge is 2.17. The van der Waals surface area contributed by atoms with Gasteiger partial charge in [-0.1, -0.05) is 6.92 Å². The SMILES string of the molecule is CCc1cn[nH]c1NS(=O)(=O)c1ccc(C(=O)O)cc1. The zero-order valence-electron chi connectivity index (χ0n) is 10.6. The summed E-state index contributed by atoms with van der Waals surface area (Å²) in [4.78, 5) is 10.7. The van der Waals surface area contributed by atoms with Crippen LogP contribution in [0.3, 0.4) is 0 Å². The van der Waals surface area contributed by atoms with E-state index in [9.17, 15) is 13.2 Å². The number of benzene rings is 1. The number of carboxylic acids is 1. The molecule has 1 heterocycles. The highest BCUT2D eigenvalue weighted by atomic mass is 32.2. The zero-order chi connectivity index (χ0) is 14.8. The number of H-pyrrole nitrogens is 1. The number of sulfonamides is 1. The average molecular weight is 295 g/mol. The number of hydrogen-bond acceptors (Lipinski definition) is 4. The summed E-state index contributed by atoms with van der Waals surface area (Å²) in [5, 5.41) is 15.1. The number of nitrogens with zero attached hydrogens (tertiary/aromatic N) is 1. The van der Waals surface area contributed by atoms with Crippen molar-refractivity contribution in [3.05, 3.63) is 41.6 Å². The molecule has 0 aliphatic carbocycles. The molecule has 2 aromatic rings. The van der Waals surface area contributed by atoms with Gasteiger partial charge in [-0.15, -0.1) is 0 Å². The summed E-state index contributed by atoms with van der Waals surface area (Å²) in [6.45, 7) is 1.88. The smallest absolute Gasteiger partial charge is 0.335 e. The Morgan fingerprint density at radius 1 is 1.35 bits per heavy atom. The Morgan fingerprint density at radius 3 is 2.55 bits per heavy atom. The van der Waals surface area contributed by atoms with E-state index in [4.69, 9.17) is 5.11 Å². The van der Waals surface area contributed by atoms with E-state index in [1.807, 2.05) is 6.92 Å². The second kappa shape index (κ2) is 5.33. The maximum Gasteiger partial charge on any atom is 0.335 e. The maximum absolute atomic E-state index is 12.1. The van der Waals surface area contributed by atoms with Gasteiger partial charge < -0.3 is 5.11 Å². The molecule has 0 saturated carbocycles. The minimum Gasteiger partial charge on any atom is -0.478 e. The molecule has 8 heteroatoms. The molecule has 0 atom stereocenters. The molecular formula is C12H13N3O4S.